The molecule has 3 aromatic rings. The summed E-state index contributed by atoms with van der Waals surface area (Å²) >= 11 is 6.47. The Bertz CT molecular complexity index is 937. The molecule has 0 bridgehead atoms. The summed E-state index contributed by atoms with van der Waals surface area (Å²) in [5.74, 6) is 0.102. The van der Waals surface area contributed by atoms with Crippen LogP contribution in [-0.4, -0.2) is 25.2 Å². The van der Waals surface area contributed by atoms with Gasteiger partial charge in [0.15, 0.2) is 0 Å². The van der Waals surface area contributed by atoms with Crippen molar-refractivity contribution in [1.29, 1.82) is 0 Å². The van der Waals surface area contributed by atoms with Crippen molar-refractivity contribution in [3.05, 3.63) is 58.7 Å². The molecular formula is C19H16ClNO3. The van der Waals surface area contributed by atoms with Crippen LogP contribution in [0, 0.1) is 6.92 Å². The van der Waals surface area contributed by atoms with E-state index in [1.165, 1.54) is 7.11 Å². The van der Waals surface area contributed by atoms with Gasteiger partial charge in [0.2, 0.25) is 5.88 Å². The molecule has 2 aromatic carbocycles. The Balaban J connectivity index is 2.34. The summed E-state index contributed by atoms with van der Waals surface area (Å²) in [5.41, 5.74) is 2.87. The van der Waals surface area contributed by atoms with E-state index < -0.39 is 5.97 Å². The van der Waals surface area contributed by atoms with Crippen molar-refractivity contribution in [2.45, 2.75) is 6.92 Å². The first kappa shape index (κ1) is 16.3. The number of benzene rings is 2. The smallest absolute Gasteiger partial charge is 0.337 e. The Morgan fingerprint density at radius 3 is 2.54 bits per heavy atom. The van der Waals surface area contributed by atoms with Gasteiger partial charge in [0.1, 0.15) is 0 Å². The number of carbonyl (C=O) groups is 1. The highest BCUT2D eigenvalue weighted by Crippen LogP contribution is 2.39. The maximum atomic E-state index is 11.9. The summed E-state index contributed by atoms with van der Waals surface area (Å²) in [7, 11) is 2.93. The summed E-state index contributed by atoms with van der Waals surface area (Å²) in [6.07, 6.45) is 0. The standard InChI is InChI=1S/C19H16ClNO3/c1-11-4-8-14(18(21-11)23-2)17-15-10-13(19(22)24-3)6-5-12(15)7-9-16(17)20/h4-10H,1-3H3. The van der Waals surface area contributed by atoms with Gasteiger partial charge in [-0.15, -0.1) is 0 Å². The van der Waals surface area contributed by atoms with Crippen LogP contribution < -0.4 is 4.74 Å². The summed E-state index contributed by atoms with van der Waals surface area (Å²) in [6, 6.07) is 12.9. The molecule has 5 heteroatoms. The number of carbonyl (C=O) groups excluding carboxylic acids is 1. The summed E-state index contributed by atoms with van der Waals surface area (Å²) < 4.78 is 10.2. The zero-order chi connectivity index (χ0) is 17.3. The van der Waals surface area contributed by atoms with E-state index >= 15 is 0 Å². The third kappa shape index (κ3) is 2.81. The monoisotopic (exact) mass is 341 g/mol. The molecular weight excluding hydrogens is 326 g/mol. The van der Waals surface area contributed by atoms with Crippen LogP contribution >= 0.6 is 11.6 Å². The van der Waals surface area contributed by atoms with Crippen molar-refractivity contribution >= 4 is 28.3 Å². The van der Waals surface area contributed by atoms with Crippen molar-refractivity contribution in [1.82, 2.24) is 4.98 Å². The number of aryl methyl sites for hydroxylation is 1. The lowest BCUT2D eigenvalue weighted by atomic mass is 9.97. The number of aromatic nitrogens is 1. The normalized spacial score (nSPS) is 10.7. The molecule has 0 aliphatic carbocycles. The number of rotatable bonds is 3. The number of nitrogens with zero attached hydrogens (tertiary/aromatic N) is 1. The average molecular weight is 342 g/mol. The van der Waals surface area contributed by atoms with Crippen LogP contribution in [0.15, 0.2) is 42.5 Å². The van der Waals surface area contributed by atoms with Gasteiger partial charge in [-0.25, -0.2) is 9.78 Å². The lowest BCUT2D eigenvalue weighted by Gasteiger charge is -2.13. The topological polar surface area (TPSA) is 48.4 Å². The van der Waals surface area contributed by atoms with Gasteiger partial charge in [0.05, 0.1) is 19.8 Å². The molecule has 0 atom stereocenters. The quantitative estimate of drug-likeness (QED) is 0.650. The zero-order valence-corrected chi connectivity index (χ0v) is 14.3. The predicted octanol–water partition coefficient (Wildman–Crippen LogP) is 4.66. The summed E-state index contributed by atoms with van der Waals surface area (Å²) in [4.78, 5) is 16.3. The van der Waals surface area contributed by atoms with E-state index in [4.69, 9.17) is 21.1 Å². The van der Waals surface area contributed by atoms with E-state index in [0.717, 1.165) is 27.6 Å². The maximum Gasteiger partial charge on any atom is 0.337 e. The number of pyridine rings is 1. The molecule has 0 aliphatic heterocycles. The highest BCUT2D eigenvalue weighted by atomic mass is 35.5. The van der Waals surface area contributed by atoms with Crippen molar-refractivity contribution in [3.63, 3.8) is 0 Å². The van der Waals surface area contributed by atoms with Crippen LogP contribution in [0.25, 0.3) is 21.9 Å². The molecule has 122 valence electrons. The highest BCUT2D eigenvalue weighted by molar-refractivity contribution is 6.35. The van der Waals surface area contributed by atoms with Crippen molar-refractivity contribution in [2.24, 2.45) is 0 Å². The molecule has 24 heavy (non-hydrogen) atoms. The van der Waals surface area contributed by atoms with Gasteiger partial charge in [-0.05, 0) is 48.0 Å². The molecule has 0 amide bonds. The Kier molecular flexibility index (Phi) is 4.40. The molecule has 0 saturated heterocycles. The van der Waals surface area contributed by atoms with Gasteiger partial charge in [0, 0.05) is 21.8 Å². The third-order valence-corrected chi connectivity index (χ3v) is 4.17. The SMILES string of the molecule is COC(=O)c1ccc2ccc(Cl)c(-c3ccc(C)nc3OC)c2c1. The van der Waals surface area contributed by atoms with E-state index in [1.807, 2.05) is 37.3 Å². The fourth-order valence-electron chi connectivity index (χ4n) is 2.69. The van der Waals surface area contributed by atoms with E-state index in [2.05, 4.69) is 4.98 Å². The van der Waals surface area contributed by atoms with Crippen LogP contribution in [0.3, 0.4) is 0 Å². The summed E-state index contributed by atoms with van der Waals surface area (Å²) in [5, 5.41) is 2.37. The number of fused-ring (bicyclic) bond motifs is 1. The second-order valence-electron chi connectivity index (χ2n) is 5.36. The van der Waals surface area contributed by atoms with E-state index in [1.54, 1.807) is 19.2 Å². The Morgan fingerprint density at radius 2 is 1.83 bits per heavy atom. The fourth-order valence-corrected chi connectivity index (χ4v) is 2.96. The lowest BCUT2D eigenvalue weighted by Crippen LogP contribution is -2.01. The molecule has 4 nitrogen and oxygen atoms in total. The van der Waals surface area contributed by atoms with Gasteiger partial charge in [-0.2, -0.15) is 0 Å². The number of esters is 1. The van der Waals surface area contributed by atoms with E-state index in [9.17, 15) is 4.79 Å². The molecule has 0 spiro atoms. The second-order valence-corrected chi connectivity index (χ2v) is 5.77. The van der Waals surface area contributed by atoms with Gasteiger partial charge in [-0.3, -0.25) is 0 Å². The van der Waals surface area contributed by atoms with Crippen LogP contribution in [0.2, 0.25) is 5.02 Å². The fraction of sp³-hybridized carbons (Fsp3) is 0.158. The van der Waals surface area contributed by atoms with Crippen LogP contribution in [0.1, 0.15) is 16.1 Å². The van der Waals surface area contributed by atoms with E-state index in [0.29, 0.717) is 16.5 Å². The first-order chi connectivity index (χ1) is 11.5. The van der Waals surface area contributed by atoms with E-state index in [-0.39, 0.29) is 0 Å². The average Bonchev–Trinajstić information content (AvgIpc) is 2.61. The van der Waals surface area contributed by atoms with Gasteiger partial charge in [0.25, 0.3) is 0 Å². The molecule has 0 saturated carbocycles. The van der Waals surface area contributed by atoms with Crippen molar-refractivity contribution < 1.29 is 14.3 Å². The molecule has 0 unspecified atom stereocenters. The molecule has 0 radical (unpaired) electrons. The molecule has 0 fully saturated rings. The number of ether oxygens (including phenoxy) is 2. The second kappa shape index (κ2) is 6.49. The van der Waals surface area contributed by atoms with Crippen molar-refractivity contribution in [2.75, 3.05) is 14.2 Å². The number of methoxy groups -OCH3 is 2. The lowest BCUT2D eigenvalue weighted by molar-refractivity contribution is 0.0601. The number of hydrogen-bond donors (Lipinski definition) is 0. The minimum atomic E-state index is -0.392. The Morgan fingerprint density at radius 1 is 1.08 bits per heavy atom. The van der Waals surface area contributed by atoms with Crippen molar-refractivity contribution in [3.8, 4) is 17.0 Å². The first-order valence-corrected chi connectivity index (χ1v) is 7.75. The van der Waals surface area contributed by atoms with Crippen LogP contribution in [0.4, 0.5) is 0 Å². The third-order valence-electron chi connectivity index (χ3n) is 3.85. The molecule has 0 N–H and O–H groups in total. The summed E-state index contributed by atoms with van der Waals surface area (Å²) in [6.45, 7) is 1.90. The van der Waals surface area contributed by atoms with Crippen LogP contribution in [0.5, 0.6) is 5.88 Å². The molecule has 1 heterocycles. The molecule has 1 aromatic heterocycles. The highest BCUT2D eigenvalue weighted by Gasteiger charge is 2.16. The maximum absolute atomic E-state index is 11.9. The molecule has 3 rings (SSSR count). The van der Waals surface area contributed by atoms with Gasteiger partial charge < -0.3 is 9.47 Å². The zero-order valence-electron chi connectivity index (χ0n) is 13.6. The Labute approximate surface area is 145 Å². The van der Waals surface area contributed by atoms with Gasteiger partial charge in [-0.1, -0.05) is 23.7 Å². The van der Waals surface area contributed by atoms with Gasteiger partial charge >= 0.3 is 5.97 Å². The number of halogens is 1. The largest absolute Gasteiger partial charge is 0.481 e. The number of hydrogen-bond acceptors (Lipinski definition) is 4. The first-order valence-electron chi connectivity index (χ1n) is 7.37. The minimum Gasteiger partial charge on any atom is -0.481 e. The molecule has 0 aliphatic rings. The Hall–Kier alpha value is -2.59. The minimum absolute atomic E-state index is 0.392. The predicted molar refractivity (Wildman–Crippen MR) is 94.8 cm³/mol. The van der Waals surface area contributed by atoms with Crippen LogP contribution in [-0.2, 0) is 4.74 Å².